The molecule has 1 aromatic heterocycles. The average molecular weight is 288 g/mol. The largest absolute Gasteiger partial charge is 0.395 e. The number of aromatic nitrogens is 3. The van der Waals surface area contributed by atoms with Crippen molar-refractivity contribution in [3.63, 3.8) is 0 Å². The van der Waals surface area contributed by atoms with Gasteiger partial charge in [-0.25, -0.2) is 0 Å². The third-order valence-electron chi connectivity index (χ3n) is 3.48. The number of benzene rings is 1. The number of nitrogens with one attached hydrogen (secondary N) is 1. The molecule has 0 aliphatic carbocycles. The fourth-order valence-corrected chi connectivity index (χ4v) is 2.10. The van der Waals surface area contributed by atoms with Gasteiger partial charge in [-0.05, 0) is 20.3 Å². The molecule has 1 atom stereocenters. The third-order valence-corrected chi connectivity index (χ3v) is 3.48. The molecule has 5 heteroatoms. The van der Waals surface area contributed by atoms with E-state index in [-0.39, 0.29) is 18.7 Å². The van der Waals surface area contributed by atoms with E-state index in [1.165, 1.54) is 0 Å². The summed E-state index contributed by atoms with van der Waals surface area (Å²) in [6, 6.07) is 10.4. The van der Waals surface area contributed by atoms with Gasteiger partial charge in [0.15, 0.2) is 0 Å². The van der Waals surface area contributed by atoms with Gasteiger partial charge in [-0.15, -0.1) is 0 Å². The van der Waals surface area contributed by atoms with Crippen LogP contribution >= 0.6 is 0 Å². The Morgan fingerprint density at radius 2 is 1.90 bits per heavy atom. The highest BCUT2D eigenvalue weighted by Gasteiger charge is 2.15. The van der Waals surface area contributed by atoms with Crippen molar-refractivity contribution in [1.82, 2.24) is 20.3 Å². The molecule has 0 spiro atoms. The Balaban J connectivity index is 2.26. The summed E-state index contributed by atoms with van der Waals surface area (Å²) in [5.41, 5.74) is 2.89. The zero-order chi connectivity index (χ0) is 15.2. The molecule has 0 amide bonds. The number of nitrogens with zero attached hydrogens (tertiary/aromatic N) is 3. The van der Waals surface area contributed by atoms with Crippen LogP contribution in [0.2, 0.25) is 0 Å². The van der Waals surface area contributed by atoms with E-state index < -0.39 is 0 Å². The molecule has 1 heterocycles. The Hall–Kier alpha value is -1.72. The SMILES string of the molecule is CC[C@H](CO)NCc1nn(C(C)C)nc1-c1ccccc1. The molecule has 0 aliphatic rings. The fraction of sp³-hybridized carbons (Fsp3) is 0.500. The van der Waals surface area contributed by atoms with Crippen molar-refractivity contribution in [1.29, 1.82) is 0 Å². The Morgan fingerprint density at radius 3 is 2.48 bits per heavy atom. The van der Waals surface area contributed by atoms with Crippen LogP contribution in [0.4, 0.5) is 0 Å². The van der Waals surface area contributed by atoms with Gasteiger partial charge in [0.25, 0.3) is 0 Å². The zero-order valence-corrected chi connectivity index (χ0v) is 13.0. The van der Waals surface area contributed by atoms with Crippen molar-refractivity contribution in [2.45, 2.75) is 45.8 Å². The molecule has 0 fully saturated rings. The second kappa shape index (κ2) is 7.33. The minimum atomic E-state index is 0.0952. The first-order valence-corrected chi connectivity index (χ1v) is 7.51. The fourth-order valence-electron chi connectivity index (χ4n) is 2.10. The lowest BCUT2D eigenvalue weighted by atomic mass is 10.1. The van der Waals surface area contributed by atoms with Gasteiger partial charge >= 0.3 is 0 Å². The third kappa shape index (κ3) is 3.89. The summed E-state index contributed by atoms with van der Waals surface area (Å²) in [6.45, 7) is 6.92. The van der Waals surface area contributed by atoms with E-state index in [2.05, 4.69) is 36.3 Å². The Bertz CT molecular complexity index is 547. The number of rotatable bonds is 7. The molecule has 114 valence electrons. The molecule has 0 bridgehead atoms. The molecule has 0 aliphatic heterocycles. The first-order chi connectivity index (χ1) is 10.2. The summed E-state index contributed by atoms with van der Waals surface area (Å²) in [7, 11) is 0. The number of hydrogen-bond acceptors (Lipinski definition) is 4. The minimum Gasteiger partial charge on any atom is -0.395 e. The van der Waals surface area contributed by atoms with Gasteiger partial charge in [0, 0.05) is 18.2 Å². The lowest BCUT2D eigenvalue weighted by Gasteiger charge is -2.12. The average Bonchev–Trinajstić information content (AvgIpc) is 2.94. The molecule has 1 aromatic carbocycles. The van der Waals surface area contributed by atoms with Crippen LogP contribution < -0.4 is 5.32 Å². The number of aliphatic hydroxyl groups is 1. The van der Waals surface area contributed by atoms with Gasteiger partial charge in [-0.1, -0.05) is 37.3 Å². The summed E-state index contributed by atoms with van der Waals surface area (Å²) in [4.78, 5) is 1.75. The minimum absolute atomic E-state index is 0.0952. The Labute approximate surface area is 126 Å². The molecule has 0 radical (unpaired) electrons. The van der Waals surface area contributed by atoms with Crippen molar-refractivity contribution in [2.75, 3.05) is 6.61 Å². The molecule has 2 N–H and O–H groups in total. The van der Waals surface area contributed by atoms with E-state index in [0.29, 0.717) is 6.54 Å². The van der Waals surface area contributed by atoms with E-state index in [1.54, 1.807) is 4.80 Å². The lowest BCUT2D eigenvalue weighted by Crippen LogP contribution is -2.31. The summed E-state index contributed by atoms with van der Waals surface area (Å²) in [5, 5.41) is 21.8. The topological polar surface area (TPSA) is 63.0 Å². The normalized spacial score (nSPS) is 12.8. The molecule has 21 heavy (non-hydrogen) atoms. The molecule has 0 unspecified atom stereocenters. The second-order valence-electron chi connectivity index (χ2n) is 5.44. The summed E-state index contributed by atoms with van der Waals surface area (Å²) in [6.07, 6.45) is 0.884. The maximum Gasteiger partial charge on any atom is 0.117 e. The van der Waals surface area contributed by atoms with Crippen molar-refractivity contribution in [3.8, 4) is 11.3 Å². The molecule has 0 saturated carbocycles. The number of aliphatic hydroxyl groups excluding tert-OH is 1. The first kappa shape index (κ1) is 15.7. The van der Waals surface area contributed by atoms with E-state index in [1.807, 2.05) is 30.3 Å². The number of hydrogen-bond donors (Lipinski definition) is 2. The van der Waals surface area contributed by atoms with Crippen molar-refractivity contribution in [3.05, 3.63) is 36.0 Å². The quantitative estimate of drug-likeness (QED) is 0.821. The summed E-state index contributed by atoms with van der Waals surface area (Å²) in [5.74, 6) is 0. The monoisotopic (exact) mass is 288 g/mol. The first-order valence-electron chi connectivity index (χ1n) is 7.51. The molecular formula is C16H24N4O. The van der Waals surface area contributed by atoms with Crippen LogP contribution in [0.25, 0.3) is 11.3 Å². The van der Waals surface area contributed by atoms with Crippen LogP contribution in [0.3, 0.4) is 0 Å². The van der Waals surface area contributed by atoms with E-state index in [4.69, 9.17) is 0 Å². The van der Waals surface area contributed by atoms with Crippen LogP contribution in [-0.2, 0) is 6.54 Å². The van der Waals surface area contributed by atoms with Crippen molar-refractivity contribution >= 4 is 0 Å². The van der Waals surface area contributed by atoms with E-state index >= 15 is 0 Å². The van der Waals surface area contributed by atoms with Gasteiger partial charge in [0.05, 0.1) is 12.6 Å². The van der Waals surface area contributed by atoms with Crippen LogP contribution in [0, 0.1) is 0 Å². The van der Waals surface area contributed by atoms with Gasteiger partial charge in [-0.3, -0.25) is 0 Å². The van der Waals surface area contributed by atoms with Crippen LogP contribution in [0.5, 0.6) is 0 Å². The van der Waals surface area contributed by atoms with Crippen LogP contribution in [0.1, 0.15) is 38.9 Å². The molecular weight excluding hydrogens is 264 g/mol. The second-order valence-corrected chi connectivity index (χ2v) is 5.44. The Morgan fingerprint density at radius 1 is 1.19 bits per heavy atom. The summed E-state index contributed by atoms with van der Waals surface area (Å²) >= 11 is 0. The van der Waals surface area contributed by atoms with Crippen LogP contribution in [0.15, 0.2) is 30.3 Å². The van der Waals surface area contributed by atoms with E-state index in [0.717, 1.165) is 23.4 Å². The van der Waals surface area contributed by atoms with Gasteiger partial charge in [-0.2, -0.15) is 15.0 Å². The molecule has 2 aromatic rings. The van der Waals surface area contributed by atoms with Crippen molar-refractivity contribution in [2.24, 2.45) is 0 Å². The van der Waals surface area contributed by atoms with Crippen molar-refractivity contribution < 1.29 is 5.11 Å². The summed E-state index contributed by atoms with van der Waals surface area (Å²) < 4.78 is 0. The van der Waals surface area contributed by atoms with E-state index in [9.17, 15) is 5.11 Å². The van der Waals surface area contributed by atoms with Gasteiger partial charge in [0.1, 0.15) is 11.4 Å². The predicted octanol–water partition coefficient (Wildman–Crippen LogP) is 2.39. The van der Waals surface area contributed by atoms with Crippen LogP contribution in [-0.4, -0.2) is 32.7 Å². The Kier molecular flexibility index (Phi) is 5.47. The standard InChI is InChI=1S/C16H24N4O/c1-4-14(11-21)17-10-15-16(13-8-6-5-7-9-13)19-20(18-15)12(2)3/h5-9,12,14,17,21H,4,10-11H2,1-3H3/t14-/m1/s1. The van der Waals surface area contributed by atoms with Gasteiger partial charge < -0.3 is 10.4 Å². The van der Waals surface area contributed by atoms with Gasteiger partial charge in [0.2, 0.25) is 0 Å². The maximum atomic E-state index is 9.28. The molecule has 0 saturated heterocycles. The maximum absolute atomic E-state index is 9.28. The zero-order valence-electron chi connectivity index (χ0n) is 13.0. The smallest absolute Gasteiger partial charge is 0.117 e. The highest BCUT2D eigenvalue weighted by molar-refractivity contribution is 5.60. The molecule has 5 nitrogen and oxygen atoms in total. The lowest BCUT2D eigenvalue weighted by molar-refractivity contribution is 0.238. The predicted molar refractivity (Wildman–Crippen MR) is 83.8 cm³/mol. The molecule has 2 rings (SSSR count). The highest BCUT2D eigenvalue weighted by atomic mass is 16.3. The highest BCUT2D eigenvalue weighted by Crippen LogP contribution is 2.21.